The van der Waals surface area contributed by atoms with Gasteiger partial charge in [0, 0.05) is 4.83 Å². The van der Waals surface area contributed by atoms with Crippen LogP contribution < -0.4 is 0 Å². The summed E-state index contributed by atoms with van der Waals surface area (Å²) >= 11 is 4.90. The minimum absolute atomic E-state index is 0.125. The summed E-state index contributed by atoms with van der Waals surface area (Å²) in [5, 5.41) is 0.485. The van der Waals surface area contributed by atoms with Crippen molar-refractivity contribution in [3.63, 3.8) is 0 Å². The summed E-state index contributed by atoms with van der Waals surface area (Å²) in [4.78, 5) is 11.2. The van der Waals surface area contributed by atoms with Gasteiger partial charge in [-0.2, -0.15) is 0 Å². The molecule has 0 radical (unpaired) electrons. The summed E-state index contributed by atoms with van der Waals surface area (Å²) in [7, 11) is 0. The summed E-state index contributed by atoms with van der Waals surface area (Å²) in [6.07, 6.45) is 0. The van der Waals surface area contributed by atoms with E-state index in [2.05, 4.69) is 29.8 Å². The molecule has 0 rings (SSSR count). The SMILES string of the molecule is CC(Br)COC(=O)CSC(C)C. The maximum Gasteiger partial charge on any atom is 0.315 e. The number of alkyl halides is 1. The van der Waals surface area contributed by atoms with Gasteiger partial charge in [-0.05, 0) is 12.2 Å². The van der Waals surface area contributed by atoms with Crippen molar-refractivity contribution in [1.82, 2.24) is 0 Å². The van der Waals surface area contributed by atoms with Crippen molar-refractivity contribution in [2.24, 2.45) is 0 Å². The first-order valence-electron chi connectivity index (χ1n) is 3.93. The zero-order chi connectivity index (χ0) is 9.56. The number of rotatable bonds is 5. The van der Waals surface area contributed by atoms with Crippen LogP contribution in [0.25, 0.3) is 0 Å². The third kappa shape index (κ3) is 8.40. The predicted octanol–water partition coefficient (Wildman–Crippen LogP) is 2.45. The summed E-state index contributed by atoms with van der Waals surface area (Å²) in [6, 6.07) is 0. The Bertz CT molecular complexity index is 123. The molecule has 0 N–H and O–H groups in total. The lowest BCUT2D eigenvalue weighted by Crippen LogP contribution is -2.13. The van der Waals surface area contributed by atoms with Gasteiger partial charge in [0.1, 0.15) is 6.61 Å². The molecule has 0 bridgehead atoms. The lowest BCUT2D eigenvalue weighted by molar-refractivity contribution is -0.140. The van der Waals surface area contributed by atoms with Crippen molar-refractivity contribution in [2.75, 3.05) is 12.4 Å². The molecule has 0 aromatic heterocycles. The van der Waals surface area contributed by atoms with Gasteiger partial charge >= 0.3 is 5.97 Å². The van der Waals surface area contributed by atoms with Crippen molar-refractivity contribution in [3.8, 4) is 0 Å². The number of carbonyl (C=O) groups excluding carboxylic acids is 1. The third-order valence-corrected chi connectivity index (χ3v) is 2.34. The Hall–Kier alpha value is 0.300. The largest absolute Gasteiger partial charge is 0.464 e. The van der Waals surface area contributed by atoms with Crippen LogP contribution >= 0.6 is 27.7 Å². The van der Waals surface area contributed by atoms with Crippen LogP contribution in [0.5, 0.6) is 0 Å². The topological polar surface area (TPSA) is 26.3 Å². The fourth-order valence-electron chi connectivity index (χ4n) is 0.484. The van der Waals surface area contributed by atoms with Gasteiger partial charge in [-0.1, -0.05) is 29.8 Å². The van der Waals surface area contributed by atoms with E-state index >= 15 is 0 Å². The number of ether oxygens (including phenoxy) is 1. The standard InChI is InChI=1S/C8H15BrO2S/c1-6(2)12-5-8(10)11-4-7(3)9/h6-7H,4-5H2,1-3H3. The van der Waals surface area contributed by atoms with Crippen molar-refractivity contribution in [3.05, 3.63) is 0 Å². The van der Waals surface area contributed by atoms with E-state index in [0.717, 1.165) is 0 Å². The molecule has 72 valence electrons. The zero-order valence-corrected chi connectivity index (χ0v) is 10.1. The summed E-state index contributed by atoms with van der Waals surface area (Å²) in [5.74, 6) is 0.331. The Balaban J connectivity index is 3.34. The van der Waals surface area contributed by atoms with Gasteiger partial charge in [-0.3, -0.25) is 4.79 Å². The molecular weight excluding hydrogens is 240 g/mol. The van der Waals surface area contributed by atoms with Gasteiger partial charge in [-0.15, -0.1) is 11.8 Å². The Morgan fingerprint density at radius 1 is 1.50 bits per heavy atom. The quantitative estimate of drug-likeness (QED) is 0.557. The molecule has 0 aromatic carbocycles. The molecule has 2 nitrogen and oxygen atoms in total. The van der Waals surface area contributed by atoms with Crippen molar-refractivity contribution in [1.29, 1.82) is 0 Å². The molecule has 0 aromatic rings. The van der Waals surface area contributed by atoms with E-state index in [1.54, 1.807) is 11.8 Å². The van der Waals surface area contributed by atoms with Crippen LogP contribution in [0.15, 0.2) is 0 Å². The Kier molecular flexibility index (Phi) is 6.95. The molecule has 1 atom stereocenters. The summed E-state index contributed by atoms with van der Waals surface area (Å²) in [5.41, 5.74) is 0. The van der Waals surface area contributed by atoms with Crippen LogP contribution in [0.4, 0.5) is 0 Å². The fourth-order valence-corrected chi connectivity index (χ4v) is 1.17. The molecule has 0 fully saturated rings. The number of hydrogen-bond acceptors (Lipinski definition) is 3. The molecule has 0 spiro atoms. The summed E-state index contributed by atoms with van der Waals surface area (Å²) < 4.78 is 4.95. The van der Waals surface area contributed by atoms with E-state index in [-0.39, 0.29) is 10.8 Å². The van der Waals surface area contributed by atoms with Crippen LogP contribution in [-0.4, -0.2) is 28.4 Å². The first-order chi connectivity index (χ1) is 5.52. The van der Waals surface area contributed by atoms with Crippen molar-refractivity contribution < 1.29 is 9.53 Å². The number of esters is 1. The predicted molar refractivity (Wildman–Crippen MR) is 56.9 cm³/mol. The van der Waals surface area contributed by atoms with Crippen LogP contribution in [0.2, 0.25) is 0 Å². The number of hydrogen-bond donors (Lipinski definition) is 0. The normalized spacial score (nSPS) is 13.1. The highest BCUT2D eigenvalue weighted by Gasteiger charge is 2.05. The van der Waals surface area contributed by atoms with E-state index in [4.69, 9.17) is 4.74 Å². The van der Waals surface area contributed by atoms with Crippen molar-refractivity contribution in [2.45, 2.75) is 30.8 Å². The highest BCUT2D eigenvalue weighted by molar-refractivity contribution is 9.09. The minimum atomic E-state index is -0.125. The lowest BCUT2D eigenvalue weighted by Gasteiger charge is -2.06. The van der Waals surface area contributed by atoms with Gasteiger partial charge in [-0.25, -0.2) is 0 Å². The van der Waals surface area contributed by atoms with Crippen LogP contribution in [0.3, 0.4) is 0 Å². The smallest absolute Gasteiger partial charge is 0.315 e. The van der Waals surface area contributed by atoms with E-state index in [9.17, 15) is 4.79 Å². The molecule has 1 unspecified atom stereocenters. The van der Waals surface area contributed by atoms with Gasteiger partial charge in [0.2, 0.25) is 0 Å². The van der Waals surface area contributed by atoms with Crippen LogP contribution in [0.1, 0.15) is 20.8 Å². The molecule has 0 saturated heterocycles. The maximum absolute atomic E-state index is 11.0. The Morgan fingerprint density at radius 2 is 2.08 bits per heavy atom. The molecule has 0 amide bonds. The molecule has 0 aliphatic carbocycles. The number of carbonyl (C=O) groups is 1. The molecule has 4 heteroatoms. The first-order valence-corrected chi connectivity index (χ1v) is 5.90. The lowest BCUT2D eigenvalue weighted by atomic mass is 10.5. The fraction of sp³-hybridized carbons (Fsp3) is 0.875. The molecular formula is C8H15BrO2S. The third-order valence-electron chi connectivity index (χ3n) is 1.01. The average molecular weight is 255 g/mol. The second-order valence-corrected chi connectivity index (χ2v) is 5.95. The van der Waals surface area contributed by atoms with E-state index in [1.165, 1.54) is 0 Å². The molecule has 12 heavy (non-hydrogen) atoms. The number of halogens is 1. The van der Waals surface area contributed by atoms with Crippen LogP contribution in [0, 0.1) is 0 Å². The van der Waals surface area contributed by atoms with Gasteiger partial charge in [0.25, 0.3) is 0 Å². The summed E-state index contributed by atoms with van der Waals surface area (Å²) in [6.45, 7) is 6.52. The van der Waals surface area contributed by atoms with Gasteiger partial charge in [0.15, 0.2) is 0 Å². The Morgan fingerprint density at radius 3 is 2.50 bits per heavy atom. The second-order valence-electron chi connectivity index (χ2n) is 2.82. The number of thioether (sulfide) groups is 1. The molecule has 0 heterocycles. The monoisotopic (exact) mass is 254 g/mol. The molecule has 0 aliphatic heterocycles. The maximum atomic E-state index is 11.0. The molecule has 0 saturated carbocycles. The van der Waals surface area contributed by atoms with Gasteiger partial charge < -0.3 is 4.74 Å². The second kappa shape index (κ2) is 6.78. The highest BCUT2D eigenvalue weighted by atomic mass is 79.9. The Labute approximate surface area is 86.6 Å². The van der Waals surface area contributed by atoms with Crippen molar-refractivity contribution >= 4 is 33.7 Å². The van der Waals surface area contributed by atoms with E-state index < -0.39 is 0 Å². The first kappa shape index (κ1) is 12.3. The zero-order valence-electron chi connectivity index (χ0n) is 7.67. The van der Waals surface area contributed by atoms with E-state index in [1.807, 2.05) is 6.92 Å². The van der Waals surface area contributed by atoms with E-state index in [0.29, 0.717) is 17.6 Å². The highest BCUT2D eigenvalue weighted by Crippen LogP contribution is 2.09. The van der Waals surface area contributed by atoms with Crippen LogP contribution in [-0.2, 0) is 9.53 Å². The molecule has 0 aliphatic rings. The van der Waals surface area contributed by atoms with Gasteiger partial charge in [0.05, 0.1) is 5.75 Å². The minimum Gasteiger partial charge on any atom is -0.464 e. The average Bonchev–Trinajstić information content (AvgIpc) is 1.96.